The van der Waals surface area contributed by atoms with E-state index < -0.39 is 0 Å². The van der Waals surface area contributed by atoms with Crippen molar-refractivity contribution in [2.75, 3.05) is 13.7 Å². The first-order valence-corrected chi connectivity index (χ1v) is 6.63. The molecule has 0 aromatic heterocycles. The van der Waals surface area contributed by atoms with Gasteiger partial charge in [0.15, 0.2) is 0 Å². The zero-order valence-corrected chi connectivity index (χ0v) is 11.9. The molecule has 1 aromatic carbocycles. The molecule has 1 amide bonds. The lowest BCUT2D eigenvalue weighted by atomic mass is 10.0. The number of aryl methyl sites for hydroxylation is 1. The molecule has 1 atom stereocenters. The van der Waals surface area contributed by atoms with E-state index in [2.05, 4.69) is 5.32 Å². The third-order valence-electron chi connectivity index (χ3n) is 3.04. The van der Waals surface area contributed by atoms with Crippen molar-refractivity contribution >= 4 is 5.91 Å². The third kappa shape index (κ3) is 4.91. The third-order valence-corrected chi connectivity index (χ3v) is 3.04. The first kappa shape index (κ1) is 15.5. The predicted octanol–water partition coefficient (Wildman–Crippen LogP) is 2.34. The normalized spacial score (nSPS) is 12.0. The van der Waals surface area contributed by atoms with E-state index in [1.807, 2.05) is 32.0 Å². The van der Waals surface area contributed by atoms with Crippen LogP contribution in [-0.2, 0) is 4.79 Å². The molecule has 0 saturated carbocycles. The van der Waals surface area contributed by atoms with Crippen molar-refractivity contribution in [1.29, 1.82) is 0 Å². The summed E-state index contributed by atoms with van der Waals surface area (Å²) in [5.41, 5.74) is 2.12. The number of hydrogen-bond acceptors (Lipinski definition) is 3. The van der Waals surface area contributed by atoms with Crippen LogP contribution in [-0.4, -0.2) is 24.7 Å². The Balaban J connectivity index is 2.64. The largest absolute Gasteiger partial charge is 0.496 e. The van der Waals surface area contributed by atoms with Crippen molar-refractivity contribution < 1.29 is 14.6 Å². The van der Waals surface area contributed by atoms with Crippen LogP contribution in [0.25, 0.3) is 0 Å². The van der Waals surface area contributed by atoms with E-state index in [0.29, 0.717) is 19.3 Å². The van der Waals surface area contributed by atoms with Gasteiger partial charge in [-0.25, -0.2) is 0 Å². The summed E-state index contributed by atoms with van der Waals surface area (Å²) in [5.74, 6) is 0.790. The van der Waals surface area contributed by atoms with Crippen molar-refractivity contribution in [3.05, 3.63) is 29.3 Å². The maximum atomic E-state index is 11.8. The van der Waals surface area contributed by atoms with Crippen LogP contribution >= 0.6 is 0 Å². The van der Waals surface area contributed by atoms with Crippen LogP contribution in [0, 0.1) is 6.92 Å². The molecule has 0 fully saturated rings. The number of ether oxygens (including phenoxy) is 1. The standard InChI is InChI=1S/C15H23NO3/c1-11-7-8-14(19-3)13(10-11)12(2)16-15(18)6-4-5-9-17/h7-8,10,12,17H,4-6,9H2,1-3H3,(H,16,18). The summed E-state index contributed by atoms with van der Waals surface area (Å²) < 4.78 is 5.32. The number of nitrogens with one attached hydrogen (secondary N) is 1. The smallest absolute Gasteiger partial charge is 0.220 e. The maximum absolute atomic E-state index is 11.8. The van der Waals surface area contributed by atoms with Crippen molar-refractivity contribution in [3.63, 3.8) is 0 Å². The monoisotopic (exact) mass is 265 g/mol. The zero-order chi connectivity index (χ0) is 14.3. The van der Waals surface area contributed by atoms with Gasteiger partial charge >= 0.3 is 0 Å². The van der Waals surface area contributed by atoms with Crippen LogP contribution < -0.4 is 10.1 Å². The second-order valence-electron chi connectivity index (χ2n) is 4.72. The average molecular weight is 265 g/mol. The van der Waals surface area contributed by atoms with Crippen LogP contribution in [0.4, 0.5) is 0 Å². The minimum Gasteiger partial charge on any atom is -0.496 e. The number of aliphatic hydroxyl groups is 1. The minimum atomic E-state index is -0.0866. The molecular formula is C15H23NO3. The second kappa shape index (κ2) is 7.79. The van der Waals surface area contributed by atoms with Crippen molar-refractivity contribution in [2.45, 2.75) is 39.2 Å². The molecule has 4 heteroatoms. The van der Waals surface area contributed by atoms with Gasteiger partial charge in [-0.05, 0) is 32.8 Å². The molecule has 4 nitrogen and oxygen atoms in total. The number of unbranched alkanes of at least 4 members (excludes halogenated alkanes) is 1. The molecule has 0 saturated heterocycles. The van der Waals surface area contributed by atoms with E-state index in [-0.39, 0.29) is 18.6 Å². The first-order valence-electron chi connectivity index (χ1n) is 6.63. The van der Waals surface area contributed by atoms with Gasteiger partial charge in [-0.3, -0.25) is 4.79 Å². The number of rotatable bonds is 7. The Morgan fingerprint density at radius 2 is 2.16 bits per heavy atom. The lowest BCUT2D eigenvalue weighted by Crippen LogP contribution is -2.26. The molecule has 0 aliphatic carbocycles. The fourth-order valence-corrected chi connectivity index (χ4v) is 1.98. The molecule has 1 rings (SSSR count). The van der Waals surface area contributed by atoms with Crippen LogP contribution in [0.1, 0.15) is 43.4 Å². The Morgan fingerprint density at radius 1 is 1.42 bits per heavy atom. The van der Waals surface area contributed by atoms with Crippen molar-refractivity contribution in [3.8, 4) is 5.75 Å². The molecule has 1 unspecified atom stereocenters. The topological polar surface area (TPSA) is 58.6 Å². The summed E-state index contributed by atoms with van der Waals surface area (Å²) in [4.78, 5) is 11.8. The summed E-state index contributed by atoms with van der Waals surface area (Å²) in [6.45, 7) is 4.09. The lowest BCUT2D eigenvalue weighted by molar-refractivity contribution is -0.121. The van der Waals surface area contributed by atoms with Gasteiger partial charge in [0.2, 0.25) is 5.91 Å². The summed E-state index contributed by atoms with van der Waals surface area (Å²) in [6.07, 6.45) is 1.81. The number of aliphatic hydroxyl groups excluding tert-OH is 1. The van der Waals surface area contributed by atoms with Gasteiger partial charge in [0.25, 0.3) is 0 Å². The number of hydrogen-bond donors (Lipinski definition) is 2. The van der Waals surface area contributed by atoms with Crippen LogP contribution in [0.15, 0.2) is 18.2 Å². The lowest BCUT2D eigenvalue weighted by Gasteiger charge is -2.18. The second-order valence-corrected chi connectivity index (χ2v) is 4.72. The van der Waals surface area contributed by atoms with Gasteiger partial charge in [0.1, 0.15) is 5.75 Å². The molecule has 0 heterocycles. The molecule has 106 valence electrons. The number of methoxy groups -OCH3 is 1. The fourth-order valence-electron chi connectivity index (χ4n) is 1.98. The molecule has 1 aromatic rings. The Bertz CT molecular complexity index is 418. The van der Waals surface area contributed by atoms with Gasteiger partial charge in [-0.2, -0.15) is 0 Å². The minimum absolute atomic E-state index is 0.00418. The Morgan fingerprint density at radius 3 is 2.79 bits per heavy atom. The van der Waals surface area contributed by atoms with Gasteiger partial charge in [0.05, 0.1) is 13.2 Å². The summed E-state index contributed by atoms with van der Waals surface area (Å²) >= 11 is 0. The Kier molecular flexibility index (Phi) is 6.36. The van der Waals surface area contributed by atoms with Crippen molar-refractivity contribution in [2.24, 2.45) is 0 Å². The van der Waals surface area contributed by atoms with Gasteiger partial charge in [-0.15, -0.1) is 0 Å². The fraction of sp³-hybridized carbons (Fsp3) is 0.533. The molecule has 0 radical (unpaired) electrons. The highest BCUT2D eigenvalue weighted by molar-refractivity contribution is 5.76. The van der Waals surface area contributed by atoms with E-state index in [1.54, 1.807) is 7.11 Å². The maximum Gasteiger partial charge on any atom is 0.220 e. The summed E-state index contributed by atoms with van der Waals surface area (Å²) in [6, 6.07) is 5.84. The molecule has 0 aliphatic heterocycles. The van der Waals surface area contributed by atoms with Crippen molar-refractivity contribution in [1.82, 2.24) is 5.32 Å². The molecule has 2 N–H and O–H groups in total. The summed E-state index contributed by atoms with van der Waals surface area (Å²) in [5, 5.41) is 11.6. The van der Waals surface area contributed by atoms with E-state index in [0.717, 1.165) is 16.9 Å². The van der Waals surface area contributed by atoms with E-state index in [9.17, 15) is 4.79 Å². The van der Waals surface area contributed by atoms with Gasteiger partial charge < -0.3 is 15.2 Å². The highest BCUT2D eigenvalue weighted by Gasteiger charge is 2.13. The molecule has 19 heavy (non-hydrogen) atoms. The zero-order valence-electron chi connectivity index (χ0n) is 11.9. The highest BCUT2D eigenvalue weighted by Crippen LogP contribution is 2.26. The van der Waals surface area contributed by atoms with E-state index in [1.165, 1.54) is 0 Å². The van der Waals surface area contributed by atoms with E-state index >= 15 is 0 Å². The van der Waals surface area contributed by atoms with Crippen LogP contribution in [0.2, 0.25) is 0 Å². The van der Waals surface area contributed by atoms with Crippen LogP contribution in [0.3, 0.4) is 0 Å². The number of carbonyl (C=O) groups is 1. The Labute approximate surface area is 114 Å². The number of carbonyl (C=O) groups excluding carboxylic acids is 1. The quantitative estimate of drug-likeness (QED) is 0.744. The first-order chi connectivity index (χ1) is 9.08. The number of benzene rings is 1. The van der Waals surface area contributed by atoms with E-state index in [4.69, 9.17) is 9.84 Å². The van der Waals surface area contributed by atoms with Crippen LogP contribution in [0.5, 0.6) is 5.75 Å². The molecule has 0 aliphatic rings. The van der Waals surface area contributed by atoms with Gasteiger partial charge in [0, 0.05) is 18.6 Å². The predicted molar refractivity (Wildman–Crippen MR) is 75.2 cm³/mol. The SMILES string of the molecule is COc1ccc(C)cc1C(C)NC(=O)CCCCO. The molecule has 0 bridgehead atoms. The highest BCUT2D eigenvalue weighted by atomic mass is 16.5. The Hall–Kier alpha value is -1.55. The summed E-state index contributed by atoms with van der Waals surface area (Å²) in [7, 11) is 1.63. The van der Waals surface area contributed by atoms with Gasteiger partial charge in [-0.1, -0.05) is 17.7 Å². The number of amides is 1. The molecule has 0 spiro atoms. The average Bonchev–Trinajstić information content (AvgIpc) is 2.39. The molecular weight excluding hydrogens is 242 g/mol.